The van der Waals surface area contributed by atoms with Crippen LogP contribution in [0.3, 0.4) is 0 Å². The van der Waals surface area contributed by atoms with Gasteiger partial charge in [-0.15, -0.1) is 0 Å². The van der Waals surface area contributed by atoms with Crippen molar-refractivity contribution in [3.05, 3.63) is 0 Å². The first-order valence-corrected chi connectivity index (χ1v) is 7.56. The van der Waals surface area contributed by atoms with Crippen molar-refractivity contribution < 1.29 is 4.74 Å². The number of hydrogen-bond acceptors (Lipinski definition) is 4. The highest BCUT2D eigenvalue weighted by molar-refractivity contribution is 5.03. The molecule has 110 valence electrons. The Hall–Kier alpha value is -0.630. The van der Waals surface area contributed by atoms with Gasteiger partial charge >= 0.3 is 0 Å². The average Bonchev–Trinajstić information content (AvgIpc) is 2.44. The van der Waals surface area contributed by atoms with E-state index in [1.54, 1.807) is 0 Å². The van der Waals surface area contributed by atoms with Gasteiger partial charge in [-0.05, 0) is 52.6 Å². The van der Waals surface area contributed by atoms with Gasteiger partial charge in [-0.3, -0.25) is 5.32 Å². The lowest BCUT2D eigenvalue weighted by molar-refractivity contribution is -0.00211. The Bertz CT molecular complexity index is 284. The molecule has 4 heteroatoms. The minimum absolute atomic E-state index is 0.385. The van der Waals surface area contributed by atoms with Crippen LogP contribution in [0.1, 0.15) is 46.0 Å². The molecule has 1 heterocycles. The fourth-order valence-corrected chi connectivity index (χ4v) is 2.39. The molecule has 2 unspecified atom stereocenters. The molecule has 1 saturated heterocycles. The van der Waals surface area contributed by atoms with Gasteiger partial charge in [0.15, 0.2) is 0 Å². The number of rotatable bonds is 8. The van der Waals surface area contributed by atoms with E-state index in [-0.39, 0.29) is 0 Å². The SMILES string of the molecule is CCCNC(C)(C#N)CCN(C)CC1CCCCO1. The van der Waals surface area contributed by atoms with E-state index in [0.717, 1.165) is 39.1 Å². The lowest BCUT2D eigenvalue weighted by Gasteiger charge is -2.30. The molecule has 0 saturated carbocycles. The number of hydrogen-bond donors (Lipinski definition) is 1. The zero-order valence-electron chi connectivity index (χ0n) is 12.7. The fraction of sp³-hybridized carbons (Fsp3) is 0.933. The van der Waals surface area contributed by atoms with Gasteiger partial charge in [0, 0.05) is 19.7 Å². The van der Waals surface area contributed by atoms with Crippen LogP contribution in [-0.4, -0.2) is 49.8 Å². The minimum atomic E-state index is -0.405. The smallest absolute Gasteiger partial charge is 0.105 e. The molecule has 0 aromatic heterocycles. The van der Waals surface area contributed by atoms with Crippen molar-refractivity contribution >= 4 is 0 Å². The second kappa shape index (κ2) is 8.52. The van der Waals surface area contributed by atoms with Crippen LogP contribution >= 0.6 is 0 Å². The normalized spacial score (nSPS) is 23.0. The standard InChI is InChI=1S/C15H29N3O/c1-4-9-17-15(2,13-16)8-10-18(3)12-14-7-5-6-11-19-14/h14,17H,4-12H2,1-3H3. The van der Waals surface area contributed by atoms with Crippen molar-refractivity contribution in [3.8, 4) is 6.07 Å². The van der Waals surface area contributed by atoms with E-state index >= 15 is 0 Å². The summed E-state index contributed by atoms with van der Waals surface area (Å²) >= 11 is 0. The number of likely N-dealkylation sites (N-methyl/N-ethyl adjacent to an activating group) is 1. The first-order valence-electron chi connectivity index (χ1n) is 7.56. The molecule has 0 amide bonds. The summed E-state index contributed by atoms with van der Waals surface area (Å²) in [4.78, 5) is 2.29. The van der Waals surface area contributed by atoms with Crippen molar-refractivity contribution in [1.29, 1.82) is 5.26 Å². The van der Waals surface area contributed by atoms with Gasteiger partial charge in [0.25, 0.3) is 0 Å². The highest BCUT2D eigenvalue weighted by Gasteiger charge is 2.23. The van der Waals surface area contributed by atoms with Crippen molar-refractivity contribution in [2.75, 3.05) is 33.3 Å². The van der Waals surface area contributed by atoms with Gasteiger partial charge in [-0.1, -0.05) is 6.92 Å². The molecule has 0 aromatic carbocycles. The largest absolute Gasteiger partial charge is 0.377 e. The summed E-state index contributed by atoms with van der Waals surface area (Å²) in [7, 11) is 2.12. The highest BCUT2D eigenvalue weighted by atomic mass is 16.5. The summed E-state index contributed by atoms with van der Waals surface area (Å²) in [5, 5.41) is 12.6. The molecule has 1 fully saturated rings. The van der Waals surface area contributed by atoms with Gasteiger partial charge in [0.1, 0.15) is 5.54 Å². The quantitative estimate of drug-likeness (QED) is 0.732. The fourth-order valence-electron chi connectivity index (χ4n) is 2.39. The molecule has 1 aliphatic heterocycles. The first kappa shape index (κ1) is 16.4. The molecule has 0 bridgehead atoms. The van der Waals surface area contributed by atoms with E-state index in [2.05, 4.69) is 30.3 Å². The number of ether oxygens (including phenoxy) is 1. The van der Waals surface area contributed by atoms with E-state index < -0.39 is 5.54 Å². The van der Waals surface area contributed by atoms with Gasteiger partial charge in [0.05, 0.1) is 12.2 Å². The molecule has 4 nitrogen and oxygen atoms in total. The van der Waals surface area contributed by atoms with E-state index in [0.29, 0.717) is 6.10 Å². The van der Waals surface area contributed by atoms with Crippen LogP contribution < -0.4 is 5.32 Å². The molecule has 0 aliphatic carbocycles. The highest BCUT2D eigenvalue weighted by Crippen LogP contribution is 2.14. The Morgan fingerprint density at radius 3 is 2.84 bits per heavy atom. The maximum atomic E-state index is 9.29. The van der Waals surface area contributed by atoms with Crippen LogP contribution in [0.5, 0.6) is 0 Å². The van der Waals surface area contributed by atoms with Crippen LogP contribution in [0.25, 0.3) is 0 Å². The zero-order valence-corrected chi connectivity index (χ0v) is 12.7. The van der Waals surface area contributed by atoms with E-state index in [1.807, 2.05) is 6.92 Å². The van der Waals surface area contributed by atoms with Gasteiger partial charge in [0.2, 0.25) is 0 Å². The third-order valence-electron chi connectivity index (χ3n) is 3.79. The summed E-state index contributed by atoms with van der Waals surface area (Å²) in [6, 6.07) is 2.40. The van der Waals surface area contributed by atoms with Crippen molar-refractivity contribution in [1.82, 2.24) is 10.2 Å². The molecule has 0 spiro atoms. The average molecular weight is 267 g/mol. The summed E-state index contributed by atoms with van der Waals surface area (Å²) in [5.41, 5.74) is -0.405. The van der Waals surface area contributed by atoms with Gasteiger partial charge < -0.3 is 9.64 Å². The lowest BCUT2D eigenvalue weighted by atomic mass is 9.99. The Morgan fingerprint density at radius 1 is 1.47 bits per heavy atom. The summed E-state index contributed by atoms with van der Waals surface area (Å²) in [5.74, 6) is 0. The van der Waals surface area contributed by atoms with E-state index in [4.69, 9.17) is 4.74 Å². The molecule has 1 N–H and O–H groups in total. The Morgan fingerprint density at radius 2 is 2.26 bits per heavy atom. The molecule has 2 atom stereocenters. The predicted molar refractivity (Wildman–Crippen MR) is 78.0 cm³/mol. The maximum Gasteiger partial charge on any atom is 0.105 e. The third kappa shape index (κ3) is 6.38. The van der Waals surface area contributed by atoms with Crippen LogP contribution in [0.2, 0.25) is 0 Å². The lowest BCUT2D eigenvalue weighted by Crippen LogP contribution is -2.44. The molecule has 1 rings (SSSR count). The van der Waals surface area contributed by atoms with Crippen LogP contribution in [0, 0.1) is 11.3 Å². The second-order valence-corrected chi connectivity index (χ2v) is 5.87. The van der Waals surface area contributed by atoms with E-state index in [1.165, 1.54) is 19.3 Å². The summed E-state index contributed by atoms with van der Waals surface area (Å²) in [6.45, 7) is 7.84. The topological polar surface area (TPSA) is 48.3 Å². The van der Waals surface area contributed by atoms with Crippen molar-refractivity contribution in [2.24, 2.45) is 0 Å². The predicted octanol–water partition coefficient (Wildman–Crippen LogP) is 2.16. The Balaban J connectivity index is 2.27. The molecule has 1 aliphatic rings. The van der Waals surface area contributed by atoms with Crippen molar-refractivity contribution in [3.63, 3.8) is 0 Å². The third-order valence-corrected chi connectivity index (χ3v) is 3.79. The Kier molecular flexibility index (Phi) is 7.37. The van der Waals surface area contributed by atoms with Crippen LogP contribution in [-0.2, 0) is 4.74 Å². The summed E-state index contributed by atoms with van der Waals surface area (Å²) < 4.78 is 5.75. The van der Waals surface area contributed by atoms with Crippen LogP contribution in [0.15, 0.2) is 0 Å². The van der Waals surface area contributed by atoms with Gasteiger partial charge in [-0.2, -0.15) is 5.26 Å². The van der Waals surface area contributed by atoms with E-state index in [9.17, 15) is 5.26 Å². The number of nitrogens with zero attached hydrogens (tertiary/aromatic N) is 2. The molecular formula is C15H29N3O. The second-order valence-electron chi connectivity index (χ2n) is 5.87. The van der Waals surface area contributed by atoms with Crippen LogP contribution in [0.4, 0.5) is 0 Å². The number of nitrogens with one attached hydrogen (secondary N) is 1. The number of nitriles is 1. The maximum absolute atomic E-state index is 9.29. The molecule has 0 radical (unpaired) electrons. The molecular weight excluding hydrogens is 238 g/mol. The first-order chi connectivity index (χ1) is 9.09. The minimum Gasteiger partial charge on any atom is -0.377 e. The molecule has 19 heavy (non-hydrogen) atoms. The summed E-state index contributed by atoms with van der Waals surface area (Å²) in [6.07, 6.45) is 5.96. The monoisotopic (exact) mass is 267 g/mol. The van der Waals surface area contributed by atoms with Gasteiger partial charge in [-0.25, -0.2) is 0 Å². The zero-order chi connectivity index (χ0) is 14.1. The Labute approximate surface area is 118 Å². The van der Waals surface area contributed by atoms with Crippen molar-refractivity contribution in [2.45, 2.75) is 57.6 Å². The molecule has 0 aromatic rings.